The molecule has 21 heavy (non-hydrogen) atoms. The molecule has 0 fully saturated rings. The fourth-order valence-corrected chi connectivity index (χ4v) is 4.48. The second-order valence-corrected chi connectivity index (χ2v) is 7.29. The van der Waals surface area contributed by atoms with Crippen LogP contribution in [-0.4, -0.2) is 21.0 Å². The van der Waals surface area contributed by atoms with Crippen LogP contribution in [-0.2, 0) is 10.8 Å². The van der Waals surface area contributed by atoms with Crippen LogP contribution in [0, 0.1) is 0 Å². The summed E-state index contributed by atoms with van der Waals surface area (Å²) >= 11 is 0. The van der Waals surface area contributed by atoms with E-state index in [1.807, 2.05) is 56.3 Å². The molecule has 2 aromatic carbocycles. The van der Waals surface area contributed by atoms with E-state index in [1.165, 1.54) is 5.57 Å². The van der Waals surface area contributed by atoms with Gasteiger partial charge in [-0.2, -0.15) is 0 Å². The molecule has 0 aromatic heterocycles. The SMILES string of the molecule is CC1=C(C)C[S@@](=O)[C@H](C(=O)c2cccc3ccccc23)C1. The van der Waals surface area contributed by atoms with Gasteiger partial charge in [0.05, 0.1) is 0 Å². The smallest absolute Gasteiger partial charge is 0.179 e. The molecule has 0 aliphatic carbocycles. The van der Waals surface area contributed by atoms with Crippen molar-refractivity contribution in [2.75, 3.05) is 5.75 Å². The molecule has 2 atom stereocenters. The van der Waals surface area contributed by atoms with Gasteiger partial charge in [0.2, 0.25) is 0 Å². The zero-order valence-corrected chi connectivity index (χ0v) is 13.1. The molecule has 108 valence electrons. The van der Waals surface area contributed by atoms with Crippen LogP contribution in [0.25, 0.3) is 10.8 Å². The number of ketones is 1. The van der Waals surface area contributed by atoms with E-state index < -0.39 is 16.0 Å². The summed E-state index contributed by atoms with van der Waals surface area (Å²) in [4.78, 5) is 12.9. The Balaban J connectivity index is 2.04. The second-order valence-electron chi connectivity index (χ2n) is 5.67. The number of hydrogen-bond donors (Lipinski definition) is 0. The van der Waals surface area contributed by atoms with E-state index >= 15 is 0 Å². The molecule has 1 aliphatic rings. The third kappa shape index (κ3) is 2.58. The average Bonchev–Trinajstić information content (AvgIpc) is 2.49. The molecule has 1 aliphatic heterocycles. The zero-order valence-electron chi connectivity index (χ0n) is 12.3. The van der Waals surface area contributed by atoms with Crippen LogP contribution >= 0.6 is 0 Å². The van der Waals surface area contributed by atoms with Gasteiger partial charge in [0.25, 0.3) is 0 Å². The van der Waals surface area contributed by atoms with Gasteiger partial charge >= 0.3 is 0 Å². The summed E-state index contributed by atoms with van der Waals surface area (Å²) in [6.07, 6.45) is 0.612. The molecule has 0 saturated heterocycles. The Hall–Kier alpha value is -1.74. The molecule has 0 amide bonds. The lowest BCUT2D eigenvalue weighted by Crippen LogP contribution is -2.32. The summed E-state index contributed by atoms with van der Waals surface area (Å²) in [5, 5.41) is 1.60. The van der Waals surface area contributed by atoms with E-state index in [1.54, 1.807) is 0 Å². The van der Waals surface area contributed by atoms with E-state index in [-0.39, 0.29) is 5.78 Å². The largest absolute Gasteiger partial charge is 0.293 e. The molecule has 2 nitrogen and oxygen atoms in total. The molecular formula is C18H18O2S. The molecule has 0 radical (unpaired) electrons. The normalized spacial score (nSPS) is 22.6. The van der Waals surface area contributed by atoms with Crippen molar-refractivity contribution in [3.05, 3.63) is 59.2 Å². The van der Waals surface area contributed by atoms with Gasteiger partial charge in [0.1, 0.15) is 5.25 Å². The number of benzene rings is 2. The fraction of sp³-hybridized carbons (Fsp3) is 0.278. The number of rotatable bonds is 2. The predicted molar refractivity (Wildman–Crippen MR) is 88.1 cm³/mol. The Labute approximate surface area is 127 Å². The van der Waals surface area contributed by atoms with Gasteiger partial charge < -0.3 is 0 Å². The van der Waals surface area contributed by atoms with Gasteiger partial charge in [0, 0.05) is 22.1 Å². The number of fused-ring (bicyclic) bond motifs is 1. The lowest BCUT2D eigenvalue weighted by molar-refractivity contribution is 0.0989. The summed E-state index contributed by atoms with van der Waals surface area (Å²) in [5.41, 5.74) is 3.06. The highest BCUT2D eigenvalue weighted by Gasteiger charge is 2.31. The van der Waals surface area contributed by atoms with E-state index in [9.17, 15) is 9.00 Å². The van der Waals surface area contributed by atoms with Crippen molar-refractivity contribution >= 4 is 27.4 Å². The average molecular weight is 298 g/mol. The lowest BCUT2D eigenvalue weighted by atomic mass is 9.96. The van der Waals surface area contributed by atoms with Crippen LogP contribution in [0.3, 0.4) is 0 Å². The third-order valence-corrected chi connectivity index (χ3v) is 5.98. The van der Waals surface area contributed by atoms with Gasteiger partial charge in [0.15, 0.2) is 5.78 Å². The van der Waals surface area contributed by atoms with E-state index in [4.69, 9.17) is 0 Å². The summed E-state index contributed by atoms with van der Waals surface area (Å²) in [6, 6.07) is 13.6. The summed E-state index contributed by atoms with van der Waals surface area (Å²) < 4.78 is 12.4. The first-order valence-corrected chi connectivity index (χ1v) is 8.50. The molecule has 0 N–H and O–H groups in total. The van der Waals surface area contributed by atoms with Crippen molar-refractivity contribution < 1.29 is 9.00 Å². The maximum Gasteiger partial charge on any atom is 0.179 e. The Morgan fingerprint density at radius 1 is 1.05 bits per heavy atom. The summed E-state index contributed by atoms with van der Waals surface area (Å²) in [7, 11) is -1.11. The first kappa shape index (κ1) is 14.2. The second kappa shape index (κ2) is 5.57. The molecular weight excluding hydrogens is 280 g/mol. The quantitative estimate of drug-likeness (QED) is 0.623. The fourth-order valence-electron chi connectivity index (χ4n) is 2.81. The van der Waals surface area contributed by atoms with Crippen LogP contribution in [0.2, 0.25) is 0 Å². The highest BCUT2D eigenvalue weighted by molar-refractivity contribution is 7.86. The van der Waals surface area contributed by atoms with Crippen molar-refractivity contribution in [1.82, 2.24) is 0 Å². The van der Waals surface area contributed by atoms with E-state index in [2.05, 4.69) is 0 Å². The zero-order chi connectivity index (χ0) is 15.0. The van der Waals surface area contributed by atoms with Crippen LogP contribution in [0.15, 0.2) is 53.6 Å². The minimum absolute atomic E-state index is 0.0111. The molecule has 1 heterocycles. The molecule has 3 rings (SSSR count). The molecule has 0 saturated carbocycles. The monoisotopic (exact) mass is 298 g/mol. The van der Waals surface area contributed by atoms with Crippen LogP contribution < -0.4 is 0 Å². The van der Waals surface area contributed by atoms with Crippen molar-refractivity contribution in [2.24, 2.45) is 0 Å². The molecule has 0 bridgehead atoms. The maximum absolute atomic E-state index is 12.9. The number of Topliss-reactive ketones (excluding diaryl/α,β-unsaturated/α-hetero) is 1. The third-order valence-electron chi connectivity index (χ3n) is 4.24. The van der Waals surface area contributed by atoms with Crippen LogP contribution in [0.4, 0.5) is 0 Å². The van der Waals surface area contributed by atoms with Crippen LogP contribution in [0.5, 0.6) is 0 Å². The standard InChI is InChI=1S/C18H18O2S/c1-12-10-17(21(20)11-13(12)2)18(19)16-9-5-7-14-6-3-4-8-15(14)16/h3-9,17H,10-11H2,1-2H3/t17-,21+/m0/s1. The van der Waals surface area contributed by atoms with Crippen molar-refractivity contribution in [1.29, 1.82) is 0 Å². The number of hydrogen-bond acceptors (Lipinski definition) is 2. The van der Waals surface area contributed by atoms with Gasteiger partial charge in [-0.3, -0.25) is 9.00 Å². The molecule has 3 heteroatoms. The minimum Gasteiger partial charge on any atom is -0.293 e. The first-order chi connectivity index (χ1) is 10.1. The van der Waals surface area contributed by atoms with Crippen molar-refractivity contribution in [3.8, 4) is 0 Å². The topological polar surface area (TPSA) is 34.1 Å². The Morgan fingerprint density at radius 3 is 2.57 bits per heavy atom. The summed E-state index contributed by atoms with van der Waals surface area (Å²) in [6.45, 7) is 4.04. The van der Waals surface area contributed by atoms with Gasteiger partial charge in [-0.25, -0.2) is 0 Å². The minimum atomic E-state index is -1.11. The van der Waals surface area contributed by atoms with E-state index in [0.29, 0.717) is 17.7 Å². The van der Waals surface area contributed by atoms with Gasteiger partial charge in [-0.05, 0) is 31.0 Å². The first-order valence-electron chi connectivity index (χ1n) is 7.12. The molecule has 2 aromatic rings. The number of allylic oxidation sites excluding steroid dienone is 1. The van der Waals surface area contributed by atoms with Crippen LogP contribution in [0.1, 0.15) is 30.6 Å². The maximum atomic E-state index is 12.9. The highest BCUT2D eigenvalue weighted by Crippen LogP contribution is 2.27. The Kier molecular flexibility index (Phi) is 3.77. The predicted octanol–water partition coefficient (Wildman–Crippen LogP) is 3.88. The Morgan fingerprint density at radius 2 is 1.76 bits per heavy atom. The van der Waals surface area contributed by atoms with Gasteiger partial charge in [-0.15, -0.1) is 0 Å². The van der Waals surface area contributed by atoms with Gasteiger partial charge in [-0.1, -0.05) is 53.6 Å². The number of carbonyl (C=O) groups is 1. The summed E-state index contributed by atoms with van der Waals surface area (Å²) in [5.74, 6) is 0.532. The Bertz CT molecular complexity index is 768. The molecule has 0 spiro atoms. The van der Waals surface area contributed by atoms with Crippen molar-refractivity contribution in [3.63, 3.8) is 0 Å². The molecule has 0 unspecified atom stereocenters. The lowest BCUT2D eigenvalue weighted by Gasteiger charge is -2.23. The van der Waals surface area contributed by atoms with Crippen molar-refractivity contribution in [2.45, 2.75) is 25.5 Å². The van der Waals surface area contributed by atoms with E-state index in [0.717, 1.165) is 16.3 Å². The highest BCUT2D eigenvalue weighted by atomic mass is 32.2. The number of carbonyl (C=O) groups excluding carboxylic acids is 1.